The fourth-order valence-corrected chi connectivity index (χ4v) is 3.79. The van der Waals surface area contributed by atoms with Gasteiger partial charge in [-0.25, -0.2) is 8.42 Å². The SMILES string of the molecule is Cc1ccccc1-c1c(-c2ccc(S(C)(=O)=O)cc2)nn(CC(=O)[O-])c1C(F)(F)F. The molecule has 10 heteroatoms. The molecule has 0 atom stereocenters. The number of alkyl halides is 3. The van der Waals surface area contributed by atoms with E-state index in [-0.39, 0.29) is 27.3 Å². The molecule has 0 fully saturated rings. The molecule has 0 unspecified atom stereocenters. The van der Waals surface area contributed by atoms with E-state index in [9.17, 15) is 31.5 Å². The quantitative estimate of drug-likeness (QED) is 0.612. The zero-order valence-corrected chi connectivity index (χ0v) is 16.7. The molecule has 3 aromatic rings. The topological polar surface area (TPSA) is 92.1 Å². The number of aromatic nitrogens is 2. The fraction of sp³-hybridized carbons (Fsp3) is 0.200. The minimum absolute atomic E-state index is 0.00564. The first-order chi connectivity index (χ1) is 13.9. The van der Waals surface area contributed by atoms with Crippen molar-refractivity contribution >= 4 is 15.8 Å². The van der Waals surface area contributed by atoms with Crippen LogP contribution in [0.15, 0.2) is 53.4 Å². The summed E-state index contributed by atoms with van der Waals surface area (Å²) < 4.78 is 65.6. The highest BCUT2D eigenvalue weighted by Gasteiger charge is 2.41. The number of benzene rings is 2. The van der Waals surface area contributed by atoms with E-state index in [0.29, 0.717) is 10.2 Å². The average Bonchev–Trinajstić information content (AvgIpc) is 3.00. The summed E-state index contributed by atoms with van der Waals surface area (Å²) in [5, 5.41) is 15.0. The van der Waals surface area contributed by atoms with Crippen LogP contribution in [-0.2, 0) is 27.4 Å². The molecule has 2 aromatic carbocycles. The third kappa shape index (κ3) is 4.23. The Labute approximate surface area is 170 Å². The molecule has 0 aliphatic heterocycles. The number of nitrogens with zero attached hydrogens (tertiary/aromatic N) is 2. The number of hydrogen-bond donors (Lipinski definition) is 0. The highest BCUT2D eigenvalue weighted by atomic mass is 32.2. The summed E-state index contributed by atoms with van der Waals surface area (Å²) in [6, 6.07) is 11.5. The number of rotatable bonds is 5. The van der Waals surface area contributed by atoms with E-state index in [4.69, 9.17) is 0 Å². The second kappa shape index (κ2) is 7.60. The number of carbonyl (C=O) groups is 1. The van der Waals surface area contributed by atoms with E-state index in [1.807, 2.05) is 0 Å². The Hall–Kier alpha value is -3.14. The van der Waals surface area contributed by atoms with Gasteiger partial charge < -0.3 is 9.90 Å². The smallest absolute Gasteiger partial charge is 0.433 e. The number of carbonyl (C=O) groups excluding carboxylic acids is 1. The zero-order chi connectivity index (χ0) is 22.3. The number of aryl methyl sites for hydroxylation is 1. The van der Waals surface area contributed by atoms with Crippen molar-refractivity contribution in [2.24, 2.45) is 0 Å². The van der Waals surface area contributed by atoms with Gasteiger partial charge in [-0.05, 0) is 30.2 Å². The minimum Gasteiger partial charge on any atom is -0.548 e. The highest BCUT2D eigenvalue weighted by Crippen LogP contribution is 2.43. The molecule has 6 nitrogen and oxygen atoms in total. The highest BCUT2D eigenvalue weighted by molar-refractivity contribution is 7.90. The molecule has 0 aliphatic rings. The van der Waals surface area contributed by atoms with Crippen LogP contribution >= 0.6 is 0 Å². The van der Waals surface area contributed by atoms with Crippen molar-refractivity contribution in [1.29, 1.82) is 0 Å². The van der Waals surface area contributed by atoms with E-state index in [1.54, 1.807) is 25.1 Å². The summed E-state index contributed by atoms with van der Waals surface area (Å²) in [5.41, 5.74) is -0.639. The number of hydrogen-bond acceptors (Lipinski definition) is 5. The van der Waals surface area contributed by atoms with Crippen LogP contribution in [0.3, 0.4) is 0 Å². The first-order valence-corrected chi connectivity index (χ1v) is 10.5. The van der Waals surface area contributed by atoms with Gasteiger partial charge in [0, 0.05) is 17.4 Å². The predicted octanol–water partition coefficient (Wildman–Crippen LogP) is 2.70. The van der Waals surface area contributed by atoms with Crippen molar-refractivity contribution < 1.29 is 31.5 Å². The minimum atomic E-state index is -4.90. The maximum absolute atomic E-state index is 14.0. The molecule has 0 amide bonds. The Morgan fingerprint density at radius 2 is 1.70 bits per heavy atom. The zero-order valence-electron chi connectivity index (χ0n) is 15.9. The van der Waals surface area contributed by atoms with E-state index < -0.39 is 34.2 Å². The monoisotopic (exact) mass is 437 g/mol. The lowest BCUT2D eigenvalue weighted by atomic mass is 9.95. The summed E-state index contributed by atoms with van der Waals surface area (Å²) in [6.07, 6.45) is -3.89. The third-order valence-corrected chi connectivity index (χ3v) is 5.60. The maximum atomic E-state index is 14.0. The predicted molar refractivity (Wildman–Crippen MR) is 101 cm³/mol. The normalized spacial score (nSPS) is 12.2. The van der Waals surface area contributed by atoms with Crippen LogP contribution in [-0.4, -0.2) is 30.4 Å². The van der Waals surface area contributed by atoms with Crippen molar-refractivity contribution in [2.45, 2.75) is 24.5 Å². The lowest BCUT2D eigenvalue weighted by molar-refractivity contribution is -0.306. The Kier molecular flexibility index (Phi) is 5.46. The summed E-state index contributed by atoms with van der Waals surface area (Å²) in [5.74, 6) is -1.72. The molecule has 1 aromatic heterocycles. The van der Waals surface area contributed by atoms with Crippen LogP contribution in [0.5, 0.6) is 0 Å². The van der Waals surface area contributed by atoms with E-state index >= 15 is 0 Å². The van der Waals surface area contributed by atoms with E-state index in [0.717, 1.165) is 6.26 Å². The summed E-state index contributed by atoms with van der Waals surface area (Å²) >= 11 is 0. The molecule has 3 rings (SSSR count). The summed E-state index contributed by atoms with van der Waals surface area (Å²) in [7, 11) is -3.50. The lowest BCUT2D eigenvalue weighted by Gasteiger charge is -2.14. The van der Waals surface area contributed by atoms with Gasteiger partial charge in [-0.3, -0.25) is 4.68 Å². The van der Waals surface area contributed by atoms with Gasteiger partial charge in [-0.1, -0.05) is 36.4 Å². The Morgan fingerprint density at radius 1 is 1.10 bits per heavy atom. The van der Waals surface area contributed by atoms with Gasteiger partial charge in [0.25, 0.3) is 0 Å². The molecule has 1 heterocycles. The van der Waals surface area contributed by atoms with Gasteiger partial charge >= 0.3 is 6.18 Å². The van der Waals surface area contributed by atoms with Gasteiger partial charge in [0.15, 0.2) is 15.5 Å². The second-order valence-corrected chi connectivity index (χ2v) is 8.73. The van der Waals surface area contributed by atoms with Crippen molar-refractivity contribution in [3.63, 3.8) is 0 Å². The Morgan fingerprint density at radius 3 is 2.20 bits per heavy atom. The molecule has 0 saturated carbocycles. The average molecular weight is 437 g/mol. The van der Waals surface area contributed by atoms with E-state index in [1.165, 1.54) is 30.3 Å². The molecule has 0 radical (unpaired) electrons. The molecule has 0 aliphatic carbocycles. The van der Waals surface area contributed by atoms with Gasteiger partial charge in [0.1, 0.15) is 5.69 Å². The van der Waals surface area contributed by atoms with Crippen molar-refractivity contribution in [3.8, 4) is 22.4 Å². The number of aliphatic carboxylic acids is 1. The third-order valence-electron chi connectivity index (χ3n) is 4.47. The van der Waals surface area contributed by atoms with Gasteiger partial charge in [-0.15, -0.1) is 0 Å². The van der Waals surface area contributed by atoms with Crippen LogP contribution in [0, 0.1) is 6.92 Å². The molecular weight excluding hydrogens is 421 g/mol. The van der Waals surface area contributed by atoms with Gasteiger partial charge in [0.2, 0.25) is 0 Å². The molecule has 158 valence electrons. The Bertz CT molecular complexity index is 1210. The van der Waals surface area contributed by atoms with Crippen LogP contribution in [0.1, 0.15) is 11.3 Å². The van der Waals surface area contributed by atoms with Crippen LogP contribution < -0.4 is 5.11 Å². The van der Waals surface area contributed by atoms with Crippen LogP contribution in [0.4, 0.5) is 13.2 Å². The maximum Gasteiger partial charge on any atom is 0.433 e. The van der Waals surface area contributed by atoms with Crippen LogP contribution in [0.2, 0.25) is 0 Å². The lowest BCUT2D eigenvalue weighted by Crippen LogP contribution is -2.30. The largest absolute Gasteiger partial charge is 0.548 e. The number of carboxylic acids is 1. The molecule has 0 N–H and O–H groups in total. The number of sulfone groups is 1. The first kappa shape index (κ1) is 21.6. The summed E-state index contributed by atoms with van der Waals surface area (Å²) in [6.45, 7) is 0.539. The second-order valence-electron chi connectivity index (χ2n) is 6.71. The standard InChI is InChI=1S/C20H17F3N2O4S/c1-12-5-3-4-6-15(12)17-18(13-7-9-14(10-8-13)30(2,28)29)24-25(11-16(26)27)19(17)20(21,22)23/h3-10H,11H2,1-2H3,(H,26,27)/p-1. The Balaban J connectivity index is 2.36. The van der Waals surface area contributed by atoms with Gasteiger partial charge in [0.05, 0.1) is 17.4 Å². The first-order valence-electron chi connectivity index (χ1n) is 8.64. The van der Waals surface area contributed by atoms with Crippen molar-refractivity contribution in [2.75, 3.05) is 6.26 Å². The fourth-order valence-electron chi connectivity index (χ4n) is 3.16. The molecule has 0 bridgehead atoms. The molecule has 0 saturated heterocycles. The number of halogens is 3. The molecule has 0 spiro atoms. The number of carboxylic acid groups (broad SMARTS) is 1. The van der Waals surface area contributed by atoms with Crippen molar-refractivity contribution in [1.82, 2.24) is 9.78 Å². The van der Waals surface area contributed by atoms with E-state index in [2.05, 4.69) is 5.10 Å². The van der Waals surface area contributed by atoms with Gasteiger partial charge in [-0.2, -0.15) is 18.3 Å². The van der Waals surface area contributed by atoms with Crippen LogP contribution in [0.25, 0.3) is 22.4 Å². The summed E-state index contributed by atoms with van der Waals surface area (Å²) in [4.78, 5) is 11.1. The molecule has 30 heavy (non-hydrogen) atoms. The molecular formula is C20H16F3N2O4S-. The van der Waals surface area contributed by atoms with Crippen molar-refractivity contribution in [3.05, 3.63) is 59.8 Å².